The highest BCUT2D eigenvalue weighted by Gasteiger charge is 2.45. The summed E-state index contributed by atoms with van der Waals surface area (Å²) in [5.74, 6) is -2.30. The Labute approximate surface area is 198 Å². The number of allylic oxidation sites excluding steroid dienone is 3. The molecule has 0 saturated heterocycles. The molecule has 2 aromatic rings. The number of ketones is 1. The standard InChI is InChI=1S/C24H21BrFN5O2/c1-24(2)9-18-21(19(32)10-24)20(15-8-14(25)5-6-17(15)26)16(11-27)22(28)31(18)30-23(33)13-4-3-7-29-12-13/h3-8,12,20H,9-10,28H2,1-2H3,(H,30,33). The number of nitrogens with one attached hydrogen (secondary N) is 1. The second kappa shape index (κ2) is 8.45. The van der Waals surface area contributed by atoms with Crippen molar-refractivity contribution in [2.24, 2.45) is 11.1 Å². The summed E-state index contributed by atoms with van der Waals surface area (Å²) < 4.78 is 15.5. The highest BCUT2D eigenvalue weighted by Crippen LogP contribution is 2.49. The predicted octanol–water partition coefficient (Wildman–Crippen LogP) is 4.06. The average molecular weight is 510 g/mol. The number of nitriles is 1. The minimum atomic E-state index is -0.974. The number of halogens is 2. The van der Waals surface area contributed by atoms with Crippen molar-refractivity contribution in [3.8, 4) is 6.07 Å². The average Bonchev–Trinajstić information content (AvgIpc) is 2.77. The molecular weight excluding hydrogens is 489 g/mol. The Morgan fingerprint density at radius 1 is 1.36 bits per heavy atom. The first-order valence-corrected chi connectivity index (χ1v) is 11.0. The van der Waals surface area contributed by atoms with Crippen LogP contribution in [0.25, 0.3) is 0 Å². The largest absolute Gasteiger partial charge is 0.383 e. The van der Waals surface area contributed by atoms with E-state index in [0.29, 0.717) is 16.6 Å². The van der Waals surface area contributed by atoms with Gasteiger partial charge in [0.2, 0.25) is 0 Å². The molecule has 9 heteroatoms. The lowest BCUT2D eigenvalue weighted by atomic mass is 9.69. The van der Waals surface area contributed by atoms with Crippen LogP contribution >= 0.6 is 15.9 Å². The molecule has 2 heterocycles. The fourth-order valence-electron chi connectivity index (χ4n) is 4.35. The van der Waals surface area contributed by atoms with Gasteiger partial charge < -0.3 is 5.73 Å². The summed E-state index contributed by atoms with van der Waals surface area (Å²) in [6.07, 6.45) is 3.56. The van der Waals surface area contributed by atoms with E-state index in [1.54, 1.807) is 30.5 Å². The van der Waals surface area contributed by atoms with Crippen molar-refractivity contribution in [2.45, 2.75) is 32.6 Å². The number of carbonyl (C=O) groups excluding carboxylic acids is 2. The molecule has 0 saturated carbocycles. The fourth-order valence-corrected chi connectivity index (χ4v) is 4.73. The first-order valence-electron chi connectivity index (χ1n) is 10.2. The fraction of sp³-hybridized carbons (Fsp3) is 0.250. The normalized spacial score (nSPS) is 19.8. The van der Waals surface area contributed by atoms with Crippen LogP contribution in [0.5, 0.6) is 0 Å². The third-order valence-electron chi connectivity index (χ3n) is 5.79. The Morgan fingerprint density at radius 3 is 2.79 bits per heavy atom. The Kier molecular flexibility index (Phi) is 5.80. The van der Waals surface area contributed by atoms with Gasteiger partial charge in [0.1, 0.15) is 11.6 Å². The van der Waals surface area contributed by atoms with E-state index in [1.807, 2.05) is 19.9 Å². The molecule has 1 aromatic heterocycles. The summed E-state index contributed by atoms with van der Waals surface area (Å²) in [5, 5.41) is 11.3. The van der Waals surface area contributed by atoms with Crippen molar-refractivity contribution >= 4 is 27.6 Å². The quantitative estimate of drug-likeness (QED) is 0.644. The first-order chi connectivity index (χ1) is 15.6. The van der Waals surface area contributed by atoms with E-state index in [0.717, 1.165) is 0 Å². The number of benzene rings is 1. The molecule has 7 nitrogen and oxygen atoms in total. The van der Waals surface area contributed by atoms with Crippen LogP contribution < -0.4 is 11.2 Å². The van der Waals surface area contributed by atoms with Gasteiger partial charge in [-0.25, -0.2) is 9.40 Å². The first kappa shape index (κ1) is 22.7. The monoisotopic (exact) mass is 509 g/mol. The van der Waals surface area contributed by atoms with Crippen LogP contribution in [0, 0.1) is 22.6 Å². The summed E-state index contributed by atoms with van der Waals surface area (Å²) in [6.45, 7) is 3.87. The zero-order valence-corrected chi connectivity index (χ0v) is 19.6. The number of Topliss-reactive ketones (excluding diaryl/α,β-unsaturated/α-hetero) is 1. The van der Waals surface area contributed by atoms with E-state index in [-0.39, 0.29) is 40.3 Å². The van der Waals surface area contributed by atoms with Crippen molar-refractivity contribution in [1.29, 1.82) is 5.26 Å². The van der Waals surface area contributed by atoms with Gasteiger partial charge in [0.25, 0.3) is 5.91 Å². The molecule has 1 unspecified atom stereocenters. The molecule has 0 bridgehead atoms. The van der Waals surface area contributed by atoms with Gasteiger partial charge in [-0.1, -0.05) is 29.8 Å². The van der Waals surface area contributed by atoms with Gasteiger partial charge >= 0.3 is 0 Å². The van der Waals surface area contributed by atoms with Crippen LogP contribution in [0.2, 0.25) is 0 Å². The van der Waals surface area contributed by atoms with Crippen LogP contribution in [0.4, 0.5) is 4.39 Å². The third kappa shape index (κ3) is 4.14. The van der Waals surface area contributed by atoms with Crippen molar-refractivity contribution in [1.82, 2.24) is 15.4 Å². The predicted molar refractivity (Wildman–Crippen MR) is 122 cm³/mol. The van der Waals surface area contributed by atoms with Crippen molar-refractivity contribution < 1.29 is 14.0 Å². The van der Waals surface area contributed by atoms with Crippen LogP contribution in [0.15, 0.2) is 69.9 Å². The molecule has 1 aliphatic heterocycles. The Balaban J connectivity index is 1.90. The second-order valence-electron chi connectivity index (χ2n) is 8.83. The maximum Gasteiger partial charge on any atom is 0.271 e. The molecule has 33 heavy (non-hydrogen) atoms. The summed E-state index contributed by atoms with van der Waals surface area (Å²) in [4.78, 5) is 30.2. The van der Waals surface area contributed by atoms with Crippen LogP contribution in [-0.4, -0.2) is 21.7 Å². The lowest BCUT2D eigenvalue weighted by Gasteiger charge is -2.43. The maximum absolute atomic E-state index is 14.9. The van der Waals surface area contributed by atoms with Crippen LogP contribution in [0.1, 0.15) is 48.5 Å². The number of hydrogen-bond donors (Lipinski definition) is 2. The summed E-state index contributed by atoms with van der Waals surface area (Å²) in [7, 11) is 0. The Hall–Kier alpha value is -3.51. The van der Waals surface area contributed by atoms with Gasteiger partial charge in [0.15, 0.2) is 5.78 Å². The van der Waals surface area contributed by atoms with Crippen molar-refractivity contribution in [3.05, 3.63) is 86.8 Å². The number of carbonyl (C=O) groups is 2. The van der Waals surface area contributed by atoms with E-state index in [1.165, 1.54) is 17.3 Å². The molecule has 1 aromatic carbocycles. The highest BCUT2D eigenvalue weighted by molar-refractivity contribution is 9.10. The van der Waals surface area contributed by atoms with Crippen LogP contribution in [0.3, 0.4) is 0 Å². The van der Waals surface area contributed by atoms with E-state index in [4.69, 9.17) is 5.73 Å². The van der Waals surface area contributed by atoms with E-state index in [2.05, 4.69) is 26.3 Å². The molecule has 1 amide bonds. The SMILES string of the molecule is CC1(C)CC(=O)C2=C(C1)N(NC(=O)c1cccnc1)C(N)=C(C#N)C2c1cc(Br)ccc1F. The number of nitrogens with two attached hydrogens (primary N) is 1. The third-order valence-corrected chi connectivity index (χ3v) is 6.28. The summed E-state index contributed by atoms with van der Waals surface area (Å²) >= 11 is 3.34. The molecule has 1 atom stereocenters. The molecule has 168 valence electrons. The molecule has 2 aliphatic rings. The number of hydrogen-bond acceptors (Lipinski definition) is 6. The maximum atomic E-state index is 14.9. The number of rotatable bonds is 3. The molecule has 1 aliphatic carbocycles. The van der Waals surface area contributed by atoms with Crippen LogP contribution in [-0.2, 0) is 4.79 Å². The van der Waals surface area contributed by atoms with Gasteiger partial charge in [-0.3, -0.25) is 20.0 Å². The minimum absolute atomic E-state index is 0.00899. The summed E-state index contributed by atoms with van der Waals surface area (Å²) in [6, 6.07) is 9.62. The highest BCUT2D eigenvalue weighted by atomic mass is 79.9. The molecule has 0 radical (unpaired) electrons. The van der Waals surface area contributed by atoms with Gasteiger partial charge in [-0.05, 0) is 42.2 Å². The minimum Gasteiger partial charge on any atom is -0.383 e. The lowest BCUT2D eigenvalue weighted by Crippen LogP contribution is -2.50. The van der Waals surface area contributed by atoms with Gasteiger partial charge in [-0.2, -0.15) is 5.26 Å². The molecule has 4 rings (SSSR count). The van der Waals surface area contributed by atoms with Crippen molar-refractivity contribution in [3.63, 3.8) is 0 Å². The smallest absolute Gasteiger partial charge is 0.271 e. The van der Waals surface area contributed by atoms with Gasteiger partial charge in [0.05, 0.1) is 28.8 Å². The molecule has 0 fully saturated rings. The van der Waals surface area contributed by atoms with E-state index >= 15 is 0 Å². The Morgan fingerprint density at radius 2 is 2.12 bits per heavy atom. The Bertz CT molecular complexity index is 1260. The van der Waals surface area contributed by atoms with Crippen molar-refractivity contribution in [2.75, 3.05) is 0 Å². The number of hydrazine groups is 1. The van der Waals surface area contributed by atoms with Gasteiger partial charge in [-0.15, -0.1) is 0 Å². The number of nitrogens with zero attached hydrogens (tertiary/aromatic N) is 3. The zero-order chi connectivity index (χ0) is 23.9. The van der Waals surface area contributed by atoms with E-state index in [9.17, 15) is 19.2 Å². The number of pyridine rings is 1. The molecule has 0 spiro atoms. The zero-order valence-electron chi connectivity index (χ0n) is 18.0. The van der Waals surface area contributed by atoms with Gasteiger partial charge in [0, 0.05) is 34.4 Å². The summed E-state index contributed by atoms with van der Waals surface area (Å²) in [5.41, 5.74) is 9.85. The lowest BCUT2D eigenvalue weighted by molar-refractivity contribution is -0.118. The second-order valence-corrected chi connectivity index (χ2v) is 9.74. The molecular formula is C24H21BrFN5O2. The number of aromatic nitrogens is 1. The topological polar surface area (TPSA) is 112 Å². The van der Waals surface area contributed by atoms with E-state index < -0.39 is 23.1 Å². The number of amides is 1. The molecule has 3 N–H and O–H groups in total.